The fourth-order valence-corrected chi connectivity index (χ4v) is 2.65. The minimum Gasteiger partial charge on any atom is -0.455 e. The summed E-state index contributed by atoms with van der Waals surface area (Å²) in [5.41, 5.74) is 3.12. The lowest BCUT2D eigenvalue weighted by Crippen LogP contribution is -2.11. The Balaban J connectivity index is 1.71. The zero-order valence-electron chi connectivity index (χ0n) is 13.2. The average Bonchev–Trinajstić information content (AvgIpc) is 3.05. The van der Waals surface area contributed by atoms with Crippen molar-refractivity contribution in [1.82, 2.24) is 0 Å². The number of hydrogen-bond donors (Lipinski definition) is 2. The molecule has 0 atom stereocenters. The van der Waals surface area contributed by atoms with Crippen molar-refractivity contribution in [1.29, 1.82) is 0 Å². The number of rotatable bonds is 5. The number of furan rings is 1. The second-order valence-electron chi connectivity index (χ2n) is 5.27. The Labute approximate surface area is 148 Å². The van der Waals surface area contributed by atoms with Crippen molar-refractivity contribution < 1.29 is 21.6 Å². The van der Waals surface area contributed by atoms with Crippen molar-refractivity contribution in [2.24, 2.45) is 10.2 Å². The first-order valence-electron chi connectivity index (χ1n) is 7.30. The predicted molar refractivity (Wildman–Crippen MR) is 93.1 cm³/mol. The number of sulfonamides is 1. The fourth-order valence-electron chi connectivity index (χ4n) is 2.13. The lowest BCUT2D eigenvalue weighted by Gasteiger charge is -2.01. The number of halogens is 2. The van der Waals surface area contributed by atoms with E-state index in [-0.39, 0.29) is 10.6 Å². The van der Waals surface area contributed by atoms with Crippen LogP contribution in [-0.4, -0.2) is 14.6 Å². The third-order valence-corrected chi connectivity index (χ3v) is 4.33. The molecular formula is C17H13F2N3O3S. The van der Waals surface area contributed by atoms with Crippen LogP contribution in [0.15, 0.2) is 69.0 Å². The minimum atomic E-state index is -3.76. The van der Waals surface area contributed by atoms with E-state index in [1.54, 1.807) is 24.3 Å². The van der Waals surface area contributed by atoms with Crippen LogP contribution in [0.3, 0.4) is 0 Å². The molecule has 0 radical (unpaired) electrons. The van der Waals surface area contributed by atoms with Gasteiger partial charge in [-0.3, -0.25) is 5.43 Å². The van der Waals surface area contributed by atoms with Gasteiger partial charge in [0, 0.05) is 11.6 Å². The van der Waals surface area contributed by atoms with Gasteiger partial charge in [-0.05, 0) is 48.5 Å². The summed E-state index contributed by atoms with van der Waals surface area (Å²) in [5, 5.41) is 8.88. The summed E-state index contributed by atoms with van der Waals surface area (Å²) in [4.78, 5) is 0.000108. The van der Waals surface area contributed by atoms with Crippen LogP contribution in [0.4, 0.5) is 14.5 Å². The smallest absolute Gasteiger partial charge is 0.238 e. The molecule has 0 unspecified atom stereocenters. The number of anilines is 1. The van der Waals surface area contributed by atoms with Crippen LogP contribution in [0.2, 0.25) is 0 Å². The van der Waals surface area contributed by atoms with Crippen LogP contribution >= 0.6 is 0 Å². The molecule has 3 aromatic rings. The Morgan fingerprint density at radius 3 is 2.42 bits per heavy atom. The summed E-state index contributed by atoms with van der Waals surface area (Å²) in [6.07, 6.45) is 1.32. The van der Waals surface area contributed by atoms with E-state index in [9.17, 15) is 17.2 Å². The third kappa shape index (κ3) is 4.13. The summed E-state index contributed by atoms with van der Waals surface area (Å²) in [5.74, 6) is -0.579. The van der Waals surface area contributed by atoms with E-state index in [4.69, 9.17) is 9.56 Å². The van der Waals surface area contributed by atoms with Gasteiger partial charge in [-0.15, -0.1) is 0 Å². The summed E-state index contributed by atoms with van der Waals surface area (Å²) in [6, 6.07) is 12.3. The SMILES string of the molecule is NS(=O)(=O)c1ccc(-c2ccc(/C=N\Nc3ccc(F)cc3F)o2)cc1. The molecule has 2 aromatic carbocycles. The van der Waals surface area contributed by atoms with Crippen LogP contribution in [0.1, 0.15) is 5.76 Å². The van der Waals surface area contributed by atoms with Gasteiger partial charge in [-0.25, -0.2) is 22.3 Å². The largest absolute Gasteiger partial charge is 0.455 e. The number of primary sulfonamides is 1. The monoisotopic (exact) mass is 377 g/mol. The van der Waals surface area contributed by atoms with Gasteiger partial charge >= 0.3 is 0 Å². The molecule has 0 spiro atoms. The number of nitrogens with one attached hydrogen (secondary N) is 1. The van der Waals surface area contributed by atoms with Crippen molar-refractivity contribution in [2.75, 3.05) is 5.43 Å². The fraction of sp³-hybridized carbons (Fsp3) is 0. The predicted octanol–water partition coefficient (Wildman–Crippen LogP) is 3.32. The standard InChI is InChI=1S/C17H13F2N3O3S/c18-12-3-7-16(15(19)9-12)22-21-10-13-4-8-17(25-13)11-1-5-14(6-2-11)26(20,23)24/h1-10,22H,(H2,20,23,24)/b21-10-. The van der Waals surface area contributed by atoms with Crippen molar-refractivity contribution in [3.05, 3.63) is 72.0 Å². The van der Waals surface area contributed by atoms with E-state index in [2.05, 4.69) is 10.5 Å². The Bertz CT molecular complexity index is 1060. The lowest BCUT2D eigenvalue weighted by molar-refractivity contribution is 0.574. The maximum atomic E-state index is 13.5. The second kappa shape index (κ2) is 7.06. The molecule has 1 aromatic heterocycles. The zero-order chi connectivity index (χ0) is 18.7. The topological polar surface area (TPSA) is 97.7 Å². The number of hydrogen-bond acceptors (Lipinski definition) is 5. The molecule has 0 aliphatic carbocycles. The molecule has 0 saturated heterocycles. The van der Waals surface area contributed by atoms with E-state index in [1.807, 2.05) is 0 Å². The summed E-state index contributed by atoms with van der Waals surface area (Å²) < 4.78 is 54.3. The van der Waals surface area contributed by atoms with E-state index >= 15 is 0 Å². The number of nitrogens with two attached hydrogens (primary N) is 1. The Morgan fingerprint density at radius 1 is 1.04 bits per heavy atom. The summed E-state index contributed by atoms with van der Waals surface area (Å²) >= 11 is 0. The average molecular weight is 377 g/mol. The maximum absolute atomic E-state index is 13.5. The van der Waals surface area contributed by atoms with E-state index < -0.39 is 21.7 Å². The quantitative estimate of drug-likeness (QED) is 0.526. The summed E-state index contributed by atoms with van der Waals surface area (Å²) in [7, 11) is -3.76. The van der Waals surface area contributed by atoms with Crippen molar-refractivity contribution >= 4 is 21.9 Å². The van der Waals surface area contributed by atoms with Gasteiger partial charge in [-0.2, -0.15) is 5.10 Å². The first-order valence-corrected chi connectivity index (χ1v) is 8.85. The number of nitrogens with zero attached hydrogens (tertiary/aromatic N) is 1. The van der Waals surface area contributed by atoms with Gasteiger partial charge in [0.25, 0.3) is 0 Å². The first-order chi connectivity index (χ1) is 12.3. The molecule has 0 aliphatic rings. The van der Waals surface area contributed by atoms with Crippen LogP contribution in [0.5, 0.6) is 0 Å². The van der Waals surface area contributed by atoms with E-state index in [1.165, 1.54) is 24.4 Å². The highest BCUT2D eigenvalue weighted by Crippen LogP contribution is 2.23. The zero-order valence-corrected chi connectivity index (χ0v) is 14.0. The molecule has 0 saturated carbocycles. The maximum Gasteiger partial charge on any atom is 0.238 e. The Hall–Kier alpha value is -3.04. The molecular weight excluding hydrogens is 364 g/mol. The molecule has 0 aliphatic heterocycles. The molecule has 0 fully saturated rings. The number of hydrazone groups is 1. The Kier molecular flexibility index (Phi) is 4.83. The normalized spacial score (nSPS) is 11.8. The second-order valence-corrected chi connectivity index (χ2v) is 6.83. The van der Waals surface area contributed by atoms with Gasteiger partial charge in [0.05, 0.1) is 16.8 Å². The van der Waals surface area contributed by atoms with Gasteiger partial charge in [-0.1, -0.05) is 0 Å². The molecule has 134 valence electrons. The van der Waals surface area contributed by atoms with Crippen LogP contribution in [-0.2, 0) is 10.0 Å². The molecule has 9 heteroatoms. The van der Waals surface area contributed by atoms with E-state index in [0.29, 0.717) is 17.1 Å². The molecule has 1 heterocycles. The first kappa shape index (κ1) is 17.8. The number of benzene rings is 2. The third-order valence-electron chi connectivity index (χ3n) is 3.40. The van der Waals surface area contributed by atoms with Crippen molar-refractivity contribution in [3.63, 3.8) is 0 Å². The molecule has 6 nitrogen and oxygen atoms in total. The molecule has 3 N–H and O–H groups in total. The molecule has 0 amide bonds. The lowest BCUT2D eigenvalue weighted by atomic mass is 10.2. The molecule has 26 heavy (non-hydrogen) atoms. The van der Waals surface area contributed by atoms with Gasteiger partial charge in [0.2, 0.25) is 10.0 Å². The van der Waals surface area contributed by atoms with Crippen LogP contribution in [0.25, 0.3) is 11.3 Å². The Morgan fingerprint density at radius 2 is 1.77 bits per heavy atom. The van der Waals surface area contributed by atoms with Crippen LogP contribution < -0.4 is 10.6 Å². The van der Waals surface area contributed by atoms with Gasteiger partial charge < -0.3 is 4.42 Å². The highest BCUT2D eigenvalue weighted by Gasteiger charge is 2.09. The van der Waals surface area contributed by atoms with E-state index in [0.717, 1.165) is 12.1 Å². The highest BCUT2D eigenvalue weighted by atomic mass is 32.2. The van der Waals surface area contributed by atoms with Crippen molar-refractivity contribution in [3.8, 4) is 11.3 Å². The van der Waals surface area contributed by atoms with Crippen LogP contribution in [0, 0.1) is 11.6 Å². The summed E-state index contributed by atoms with van der Waals surface area (Å²) in [6.45, 7) is 0. The minimum absolute atomic E-state index is 0.000108. The highest BCUT2D eigenvalue weighted by molar-refractivity contribution is 7.89. The van der Waals surface area contributed by atoms with Crippen molar-refractivity contribution in [2.45, 2.75) is 4.90 Å². The molecule has 3 rings (SSSR count). The van der Waals surface area contributed by atoms with Gasteiger partial charge in [0.15, 0.2) is 5.82 Å². The van der Waals surface area contributed by atoms with Gasteiger partial charge in [0.1, 0.15) is 17.3 Å². The molecule has 0 bridgehead atoms.